The summed E-state index contributed by atoms with van der Waals surface area (Å²) in [6.07, 6.45) is -3.47. The normalized spacial score (nSPS) is 40.3. The average molecular weight is 519 g/mol. The van der Waals surface area contributed by atoms with Crippen LogP contribution in [0.25, 0.3) is 0 Å². The fourth-order valence-corrected chi connectivity index (χ4v) is 5.63. The Labute approximate surface area is 209 Å². The highest BCUT2D eigenvalue weighted by Crippen LogP contribution is 2.55. The molecule has 6 unspecified atom stereocenters. The zero-order valence-electron chi connectivity index (χ0n) is 20.4. The van der Waals surface area contributed by atoms with Crippen molar-refractivity contribution in [2.45, 2.75) is 91.3 Å². The van der Waals surface area contributed by atoms with Crippen LogP contribution in [-0.4, -0.2) is 146 Å². The average Bonchev–Trinajstić information content (AvgIpc) is 3.63. The minimum Gasteiger partial charge on any atom is -0.394 e. The molecule has 6 fully saturated rings. The van der Waals surface area contributed by atoms with Gasteiger partial charge in [0.15, 0.2) is 0 Å². The molecule has 0 saturated carbocycles. The Morgan fingerprint density at radius 1 is 0.639 bits per heavy atom. The molecule has 4 N–H and O–H groups in total. The lowest BCUT2D eigenvalue weighted by atomic mass is 9.60. The van der Waals surface area contributed by atoms with Crippen LogP contribution in [0.1, 0.15) is 25.7 Å². The van der Waals surface area contributed by atoms with Crippen LogP contribution in [0.2, 0.25) is 0 Å². The maximum absolute atomic E-state index is 12.7. The molecular formula is C24H38O12. The van der Waals surface area contributed by atoms with Gasteiger partial charge in [0.1, 0.15) is 41.2 Å². The van der Waals surface area contributed by atoms with E-state index in [1.165, 1.54) is 0 Å². The van der Waals surface area contributed by atoms with Crippen molar-refractivity contribution >= 4 is 0 Å². The molecule has 0 aliphatic carbocycles. The van der Waals surface area contributed by atoms with Crippen molar-refractivity contribution in [3.63, 3.8) is 0 Å². The van der Waals surface area contributed by atoms with E-state index < -0.39 is 35.6 Å². The van der Waals surface area contributed by atoms with E-state index in [0.29, 0.717) is 52.5 Å². The van der Waals surface area contributed by atoms with Crippen LogP contribution in [0.3, 0.4) is 0 Å². The van der Waals surface area contributed by atoms with Crippen molar-refractivity contribution in [2.24, 2.45) is 0 Å². The van der Waals surface area contributed by atoms with E-state index in [0.717, 1.165) is 0 Å². The topological polar surface area (TPSA) is 175 Å². The third kappa shape index (κ3) is 5.61. The third-order valence-corrected chi connectivity index (χ3v) is 8.12. The van der Waals surface area contributed by atoms with Crippen molar-refractivity contribution in [3.8, 4) is 0 Å². The first kappa shape index (κ1) is 25.8. The van der Waals surface area contributed by atoms with Gasteiger partial charge in [0.25, 0.3) is 0 Å². The van der Waals surface area contributed by atoms with E-state index in [2.05, 4.69) is 0 Å². The van der Waals surface area contributed by atoms with Crippen LogP contribution in [0.4, 0.5) is 0 Å². The Bertz CT molecular complexity index is 746. The highest BCUT2D eigenvalue weighted by molar-refractivity contribution is 5.22. The van der Waals surface area contributed by atoms with Gasteiger partial charge in [-0.3, -0.25) is 0 Å². The SMILES string of the molecule is OC[C@@H](O)[C@@H](O)[C@@](O)(CC1CO1)[C@@](CC1CO1)(OCC1CO1)C(CC1CO1)(CC1CO1)OCC1CO1. The first-order valence-corrected chi connectivity index (χ1v) is 13.0. The van der Waals surface area contributed by atoms with Crippen LogP contribution in [0.15, 0.2) is 0 Å². The molecule has 0 bridgehead atoms. The van der Waals surface area contributed by atoms with Crippen LogP contribution >= 0.6 is 0 Å². The van der Waals surface area contributed by atoms with Crippen molar-refractivity contribution in [1.82, 2.24) is 0 Å². The lowest BCUT2D eigenvalue weighted by Gasteiger charge is -2.59. The third-order valence-electron chi connectivity index (χ3n) is 8.12. The summed E-state index contributed by atoms with van der Waals surface area (Å²) in [5.74, 6) is 0. The summed E-state index contributed by atoms with van der Waals surface area (Å²) in [5, 5.41) is 44.6. The van der Waals surface area contributed by atoms with Crippen molar-refractivity contribution in [2.75, 3.05) is 59.5 Å². The molecule has 6 saturated heterocycles. The van der Waals surface area contributed by atoms with Gasteiger partial charge in [-0.1, -0.05) is 0 Å². The van der Waals surface area contributed by atoms with E-state index in [1.54, 1.807) is 0 Å². The molecule has 6 rings (SSSR count). The molecule has 6 heterocycles. The highest BCUT2D eigenvalue weighted by atomic mass is 16.6. The Morgan fingerprint density at radius 3 is 1.50 bits per heavy atom. The van der Waals surface area contributed by atoms with Gasteiger partial charge in [-0.2, -0.15) is 0 Å². The summed E-state index contributed by atoms with van der Waals surface area (Å²) in [4.78, 5) is 0. The van der Waals surface area contributed by atoms with Crippen LogP contribution in [0.5, 0.6) is 0 Å². The van der Waals surface area contributed by atoms with Gasteiger partial charge in [-0.05, 0) is 0 Å². The van der Waals surface area contributed by atoms with Gasteiger partial charge in [0.2, 0.25) is 0 Å². The molecule has 0 amide bonds. The standard InChI is InChI=1S/C24H38O12/c25-5-20(26)21(27)23(28,3-16-8-31-16)24(4-17-9-32-17,36-13-19-11-34-19)22(1-14-6-29-14,2-15-7-30-15)35-12-18-10-33-18/h14-21,25-28H,1-13H2/t14?,15?,16?,17?,18?,19?,20-,21-,22?,23+,24+/m1/s1. The molecule has 6 aliphatic heterocycles. The molecule has 12 nitrogen and oxygen atoms in total. The minimum absolute atomic E-state index is 0.0223. The second kappa shape index (κ2) is 9.92. The quantitative estimate of drug-likeness (QED) is 0.137. The molecular weight excluding hydrogens is 480 g/mol. The van der Waals surface area contributed by atoms with E-state index in [9.17, 15) is 20.4 Å². The Morgan fingerprint density at radius 2 is 1.06 bits per heavy atom. The smallest absolute Gasteiger partial charge is 0.131 e. The Hall–Kier alpha value is -0.480. The summed E-state index contributed by atoms with van der Waals surface area (Å²) in [6, 6.07) is 0. The molecule has 0 aromatic carbocycles. The van der Waals surface area contributed by atoms with Gasteiger partial charge in [-0.15, -0.1) is 0 Å². The van der Waals surface area contributed by atoms with Gasteiger partial charge < -0.3 is 58.3 Å². The van der Waals surface area contributed by atoms with E-state index >= 15 is 0 Å². The molecule has 0 spiro atoms. The second-order valence-electron chi connectivity index (χ2n) is 11.1. The largest absolute Gasteiger partial charge is 0.394 e. The maximum Gasteiger partial charge on any atom is 0.131 e. The number of aliphatic hydroxyl groups is 4. The molecule has 6 aliphatic rings. The Kier molecular flexibility index (Phi) is 7.11. The fraction of sp³-hybridized carbons (Fsp3) is 1.00. The van der Waals surface area contributed by atoms with Gasteiger partial charge >= 0.3 is 0 Å². The summed E-state index contributed by atoms with van der Waals surface area (Å²) >= 11 is 0. The van der Waals surface area contributed by atoms with E-state index in [4.69, 9.17) is 37.9 Å². The maximum atomic E-state index is 12.7. The minimum atomic E-state index is -2.08. The van der Waals surface area contributed by atoms with Crippen LogP contribution < -0.4 is 0 Å². The zero-order chi connectivity index (χ0) is 25.0. The van der Waals surface area contributed by atoms with Crippen molar-refractivity contribution in [1.29, 1.82) is 0 Å². The molecule has 206 valence electrons. The summed E-state index contributed by atoms with van der Waals surface area (Å²) in [7, 11) is 0. The lowest BCUT2D eigenvalue weighted by Crippen LogP contribution is -2.76. The van der Waals surface area contributed by atoms with Crippen molar-refractivity contribution < 1.29 is 58.3 Å². The number of epoxide rings is 6. The van der Waals surface area contributed by atoms with E-state index in [1.807, 2.05) is 0 Å². The van der Waals surface area contributed by atoms with Crippen molar-refractivity contribution in [3.05, 3.63) is 0 Å². The summed E-state index contributed by atoms with van der Waals surface area (Å²) < 4.78 is 46.8. The van der Waals surface area contributed by atoms with Gasteiger partial charge in [-0.25, -0.2) is 0 Å². The molecule has 10 atom stereocenters. The Balaban J connectivity index is 1.47. The predicted octanol–water partition coefficient (Wildman–Crippen LogP) is -2.10. The lowest BCUT2D eigenvalue weighted by molar-refractivity contribution is -0.324. The summed E-state index contributed by atoms with van der Waals surface area (Å²) in [6.45, 7) is 2.77. The number of aliphatic hydroxyl groups excluding tert-OH is 3. The van der Waals surface area contributed by atoms with Gasteiger partial charge in [0.05, 0.1) is 83.9 Å². The van der Waals surface area contributed by atoms with Crippen LogP contribution in [0, 0.1) is 0 Å². The first-order chi connectivity index (χ1) is 17.4. The molecule has 12 heteroatoms. The molecule has 0 aromatic rings. The predicted molar refractivity (Wildman–Crippen MR) is 118 cm³/mol. The zero-order valence-corrected chi connectivity index (χ0v) is 20.4. The monoisotopic (exact) mass is 518 g/mol. The second-order valence-corrected chi connectivity index (χ2v) is 11.1. The molecule has 0 aromatic heterocycles. The number of rotatable bonds is 19. The number of hydrogen-bond donors (Lipinski definition) is 4. The van der Waals surface area contributed by atoms with E-state index in [-0.39, 0.29) is 62.7 Å². The molecule has 36 heavy (non-hydrogen) atoms. The highest BCUT2D eigenvalue weighted by Gasteiger charge is 2.71. The summed E-state index contributed by atoms with van der Waals surface area (Å²) in [5.41, 5.74) is -4.85. The number of ether oxygens (including phenoxy) is 8. The molecule has 0 radical (unpaired) electrons. The number of hydrogen-bond acceptors (Lipinski definition) is 12. The van der Waals surface area contributed by atoms with Gasteiger partial charge in [0, 0.05) is 25.7 Å². The fourth-order valence-electron chi connectivity index (χ4n) is 5.63. The first-order valence-electron chi connectivity index (χ1n) is 13.0. The van der Waals surface area contributed by atoms with Crippen LogP contribution in [-0.2, 0) is 37.9 Å².